The number of primary amides is 1. The molecule has 0 atom stereocenters. The molecule has 0 fully saturated rings. The molecule has 3 rings (SSSR count). The average molecular weight is 367 g/mol. The first kappa shape index (κ1) is 17.7. The van der Waals surface area contributed by atoms with Crippen molar-refractivity contribution >= 4 is 29.3 Å². The van der Waals surface area contributed by atoms with Crippen LogP contribution in [0.1, 0.15) is 22.8 Å². The number of amides is 2. The van der Waals surface area contributed by atoms with Gasteiger partial charge in [0.1, 0.15) is 6.33 Å². The first-order chi connectivity index (χ1) is 12.5. The Kier molecular flexibility index (Phi) is 5.33. The van der Waals surface area contributed by atoms with Gasteiger partial charge in [0, 0.05) is 23.9 Å². The summed E-state index contributed by atoms with van der Waals surface area (Å²) >= 11 is 1.52. The van der Waals surface area contributed by atoms with Gasteiger partial charge in [0.15, 0.2) is 5.16 Å². The summed E-state index contributed by atoms with van der Waals surface area (Å²) in [5.41, 5.74) is 8.34. The van der Waals surface area contributed by atoms with E-state index in [4.69, 9.17) is 5.73 Å². The van der Waals surface area contributed by atoms with E-state index in [1.54, 1.807) is 18.5 Å². The Morgan fingerprint density at radius 3 is 2.65 bits per heavy atom. The van der Waals surface area contributed by atoms with Gasteiger partial charge in [-0.1, -0.05) is 30.0 Å². The molecule has 0 saturated carbocycles. The minimum Gasteiger partial charge on any atom is -0.366 e. The highest BCUT2D eigenvalue weighted by Gasteiger charge is 2.09. The van der Waals surface area contributed by atoms with E-state index in [0.717, 1.165) is 16.4 Å². The molecule has 2 aromatic carbocycles. The lowest BCUT2D eigenvalue weighted by atomic mass is 10.1. The molecule has 1 heterocycles. The number of benzene rings is 2. The van der Waals surface area contributed by atoms with Crippen molar-refractivity contribution in [1.29, 1.82) is 0 Å². The van der Waals surface area contributed by atoms with Gasteiger partial charge in [-0.15, -0.1) is 10.2 Å². The summed E-state index contributed by atoms with van der Waals surface area (Å²) in [6, 6.07) is 14.6. The number of rotatable bonds is 6. The van der Waals surface area contributed by atoms with Gasteiger partial charge in [-0.3, -0.25) is 14.2 Å². The summed E-state index contributed by atoms with van der Waals surface area (Å²) in [5, 5.41) is 11.6. The number of carbonyl (C=O) groups excluding carboxylic acids is 2. The van der Waals surface area contributed by atoms with Crippen molar-refractivity contribution in [3.05, 3.63) is 66.0 Å². The SMILES string of the molecule is CC(=O)Nc1cccc(-n2cnnc2SCc2ccc(C(N)=O)cc2)c1. The molecular formula is C18H17N5O2S. The molecule has 1 aromatic heterocycles. The van der Waals surface area contributed by atoms with E-state index in [2.05, 4.69) is 15.5 Å². The first-order valence-corrected chi connectivity index (χ1v) is 8.81. The van der Waals surface area contributed by atoms with Crippen LogP contribution < -0.4 is 11.1 Å². The lowest BCUT2D eigenvalue weighted by molar-refractivity contribution is -0.114. The molecular weight excluding hydrogens is 350 g/mol. The van der Waals surface area contributed by atoms with Crippen molar-refractivity contribution in [1.82, 2.24) is 14.8 Å². The summed E-state index contributed by atoms with van der Waals surface area (Å²) in [6.07, 6.45) is 1.63. The molecule has 0 unspecified atom stereocenters. The molecule has 0 saturated heterocycles. The van der Waals surface area contributed by atoms with E-state index in [1.807, 2.05) is 41.0 Å². The van der Waals surface area contributed by atoms with Gasteiger partial charge in [0.05, 0.1) is 5.69 Å². The smallest absolute Gasteiger partial charge is 0.248 e. The normalized spacial score (nSPS) is 10.5. The number of nitrogens with one attached hydrogen (secondary N) is 1. The fraction of sp³-hybridized carbons (Fsp3) is 0.111. The number of nitrogens with two attached hydrogens (primary N) is 1. The van der Waals surface area contributed by atoms with Gasteiger partial charge in [-0.05, 0) is 35.9 Å². The zero-order chi connectivity index (χ0) is 18.5. The van der Waals surface area contributed by atoms with Crippen molar-refractivity contribution in [2.75, 3.05) is 5.32 Å². The van der Waals surface area contributed by atoms with Crippen molar-refractivity contribution in [2.24, 2.45) is 5.73 Å². The summed E-state index contributed by atoms with van der Waals surface area (Å²) < 4.78 is 1.85. The highest BCUT2D eigenvalue weighted by atomic mass is 32.2. The van der Waals surface area contributed by atoms with E-state index >= 15 is 0 Å². The van der Waals surface area contributed by atoms with Crippen LogP contribution in [0.2, 0.25) is 0 Å². The number of hydrogen-bond donors (Lipinski definition) is 2. The van der Waals surface area contributed by atoms with E-state index in [1.165, 1.54) is 18.7 Å². The van der Waals surface area contributed by atoms with Crippen LogP contribution in [0, 0.1) is 0 Å². The average Bonchev–Trinajstić information content (AvgIpc) is 3.08. The molecule has 3 aromatic rings. The van der Waals surface area contributed by atoms with Crippen molar-refractivity contribution < 1.29 is 9.59 Å². The van der Waals surface area contributed by atoms with Crippen LogP contribution in [0.3, 0.4) is 0 Å². The molecule has 0 aliphatic carbocycles. The second-order valence-corrected chi connectivity index (χ2v) is 6.51. The van der Waals surface area contributed by atoms with Crippen LogP contribution in [-0.2, 0) is 10.5 Å². The van der Waals surface area contributed by atoms with Gasteiger partial charge in [0.2, 0.25) is 11.8 Å². The van der Waals surface area contributed by atoms with Crippen LogP contribution in [0.15, 0.2) is 60.0 Å². The summed E-state index contributed by atoms with van der Waals surface area (Å²) in [4.78, 5) is 22.3. The summed E-state index contributed by atoms with van der Waals surface area (Å²) in [5.74, 6) is 0.103. The molecule has 0 bridgehead atoms. The van der Waals surface area contributed by atoms with Gasteiger partial charge in [-0.2, -0.15) is 0 Å². The van der Waals surface area contributed by atoms with Crippen LogP contribution >= 0.6 is 11.8 Å². The molecule has 26 heavy (non-hydrogen) atoms. The number of aromatic nitrogens is 3. The fourth-order valence-electron chi connectivity index (χ4n) is 2.35. The number of nitrogens with zero attached hydrogens (tertiary/aromatic N) is 3. The Morgan fingerprint density at radius 1 is 1.19 bits per heavy atom. The van der Waals surface area contributed by atoms with Gasteiger partial charge < -0.3 is 11.1 Å². The highest BCUT2D eigenvalue weighted by Crippen LogP contribution is 2.24. The van der Waals surface area contributed by atoms with Crippen LogP contribution in [-0.4, -0.2) is 26.6 Å². The zero-order valence-electron chi connectivity index (χ0n) is 14.0. The molecule has 2 amide bonds. The number of carbonyl (C=O) groups is 2. The predicted molar refractivity (Wildman–Crippen MR) is 100 cm³/mol. The van der Waals surface area contributed by atoms with Gasteiger partial charge >= 0.3 is 0 Å². The molecule has 7 nitrogen and oxygen atoms in total. The lowest BCUT2D eigenvalue weighted by Crippen LogP contribution is -2.10. The largest absolute Gasteiger partial charge is 0.366 e. The third-order valence-corrected chi connectivity index (χ3v) is 4.58. The standard InChI is InChI=1S/C18H17N5O2S/c1-12(24)21-15-3-2-4-16(9-15)23-11-20-22-18(23)26-10-13-5-7-14(8-6-13)17(19)25/h2-9,11H,10H2,1H3,(H2,19,25)(H,21,24). The summed E-state index contributed by atoms with van der Waals surface area (Å²) in [6.45, 7) is 1.47. The van der Waals surface area contributed by atoms with E-state index < -0.39 is 5.91 Å². The van der Waals surface area contributed by atoms with Crippen molar-refractivity contribution in [3.63, 3.8) is 0 Å². The van der Waals surface area contributed by atoms with Crippen LogP contribution in [0.4, 0.5) is 5.69 Å². The minimum atomic E-state index is -0.442. The van der Waals surface area contributed by atoms with E-state index in [-0.39, 0.29) is 5.91 Å². The number of hydrogen-bond acceptors (Lipinski definition) is 5. The maximum absolute atomic E-state index is 11.2. The molecule has 3 N–H and O–H groups in total. The van der Waals surface area contributed by atoms with E-state index in [9.17, 15) is 9.59 Å². The first-order valence-electron chi connectivity index (χ1n) is 7.82. The zero-order valence-corrected chi connectivity index (χ0v) is 14.9. The second kappa shape index (κ2) is 7.83. The fourth-order valence-corrected chi connectivity index (χ4v) is 3.23. The second-order valence-electron chi connectivity index (χ2n) is 5.56. The Bertz CT molecular complexity index is 937. The van der Waals surface area contributed by atoms with Gasteiger partial charge in [0.25, 0.3) is 0 Å². The molecule has 0 radical (unpaired) electrons. The van der Waals surface area contributed by atoms with Crippen LogP contribution in [0.25, 0.3) is 5.69 Å². The predicted octanol–water partition coefficient (Wildman–Crippen LogP) is 2.62. The Labute approximate surface area is 154 Å². The molecule has 0 aliphatic heterocycles. The van der Waals surface area contributed by atoms with Crippen molar-refractivity contribution in [3.8, 4) is 5.69 Å². The third-order valence-electron chi connectivity index (χ3n) is 3.57. The molecule has 8 heteroatoms. The lowest BCUT2D eigenvalue weighted by Gasteiger charge is -2.09. The molecule has 0 aliphatic rings. The number of anilines is 1. The number of thioether (sulfide) groups is 1. The van der Waals surface area contributed by atoms with Gasteiger partial charge in [-0.25, -0.2) is 0 Å². The third kappa shape index (κ3) is 4.28. The van der Waals surface area contributed by atoms with Crippen LogP contribution in [0.5, 0.6) is 0 Å². The maximum atomic E-state index is 11.2. The highest BCUT2D eigenvalue weighted by molar-refractivity contribution is 7.98. The monoisotopic (exact) mass is 367 g/mol. The molecule has 132 valence electrons. The topological polar surface area (TPSA) is 103 Å². The minimum absolute atomic E-state index is 0.125. The maximum Gasteiger partial charge on any atom is 0.248 e. The molecule has 0 spiro atoms. The Hall–Kier alpha value is -3.13. The van der Waals surface area contributed by atoms with E-state index in [0.29, 0.717) is 17.0 Å². The quantitative estimate of drug-likeness (QED) is 0.652. The Balaban J connectivity index is 1.74. The summed E-state index contributed by atoms with van der Waals surface area (Å²) in [7, 11) is 0. The Morgan fingerprint density at radius 2 is 1.96 bits per heavy atom. The van der Waals surface area contributed by atoms with Crippen molar-refractivity contribution in [2.45, 2.75) is 17.8 Å².